The van der Waals surface area contributed by atoms with Gasteiger partial charge in [-0.05, 0) is 31.0 Å². The first kappa shape index (κ1) is 15.6. The number of nitrogens with one attached hydrogen (secondary N) is 1. The number of aromatic nitrogens is 2. The van der Waals surface area contributed by atoms with Crippen LogP contribution >= 0.6 is 0 Å². The second-order valence-electron chi connectivity index (χ2n) is 6.49. The molecule has 0 radical (unpaired) electrons. The van der Waals surface area contributed by atoms with Gasteiger partial charge in [-0.1, -0.05) is 37.5 Å². The average Bonchev–Trinajstić information content (AvgIpc) is 3.01. The molecule has 4 rings (SSSR count). The molecule has 6 nitrogen and oxygen atoms in total. The van der Waals surface area contributed by atoms with Crippen LogP contribution in [0.1, 0.15) is 32.1 Å². The molecule has 0 unspecified atom stereocenters. The number of pyridine rings is 1. The molecule has 2 aromatic heterocycles. The Balaban J connectivity index is 1.86. The lowest BCUT2D eigenvalue weighted by Gasteiger charge is -2.24. The van der Waals surface area contributed by atoms with E-state index in [4.69, 9.17) is 0 Å². The van der Waals surface area contributed by atoms with Crippen molar-refractivity contribution in [3.63, 3.8) is 0 Å². The quantitative estimate of drug-likeness (QED) is 0.556. The molecule has 0 bridgehead atoms. The largest absolute Gasteiger partial charge is 0.367 e. The minimum absolute atomic E-state index is 0.0811. The molecule has 25 heavy (non-hydrogen) atoms. The number of benzene rings is 1. The lowest BCUT2D eigenvalue weighted by molar-refractivity contribution is -0.384. The summed E-state index contributed by atoms with van der Waals surface area (Å²) in [5.74, 6) is 0.844. The summed E-state index contributed by atoms with van der Waals surface area (Å²) in [6, 6.07) is 13.0. The van der Waals surface area contributed by atoms with Gasteiger partial charge in [0.25, 0.3) is 5.69 Å². The third-order valence-corrected chi connectivity index (χ3v) is 4.83. The van der Waals surface area contributed by atoms with Gasteiger partial charge >= 0.3 is 0 Å². The zero-order valence-corrected chi connectivity index (χ0v) is 13.9. The lowest BCUT2D eigenvalue weighted by Crippen LogP contribution is -2.23. The Bertz CT molecular complexity index is 913. The maximum Gasteiger partial charge on any atom is 0.278 e. The lowest BCUT2D eigenvalue weighted by atomic mass is 9.95. The maximum atomic E-state index is 11.5. The van der Waals surface area contributed by atoms with Crippen molar-refractivity contribution in [1.29, 1.82) is 0 Å². The van der Waals surface area contributed by atoms with Gasteiger partial charge < -0.3 is 5.32 Å². The van der Waals surface area contributed by atoms with Crippen LogP contribution in [0.5, 0.6) is 0 Å². The molecule has 3 aromatic rings. The molecule has 1 aromatic carbocycles. The van der Waals surface area contributed by atoms with Crippen molar-refractivity contribution in [3.05, 3.63) is 58.8 Å². The van der Waals surface area contributed by atoms with Gasteiger partial charge in [0, 0.05) is 18.3 Å². The summed E-state index contributed by atoms with van der Waals surface area (Å²) in [7, 11) is 0. The van der Waals surface area contributed by atoms with E-state index in [1.807, 2.05) is 34.9 Å². The molecule has 1 N–H and O–H groups in total. The minimum atomic E-state index is -0.344. The van der Waals surface area contributed by atoms with Crippen LogP contribution in [-0.2, 0) is 0 Å². The van der Waals surface area contributed by atoms with Gasteiger partial charge in [0.15, 0.2) is 0 Å². The molecule has 128 valence electrons. The highest BCUT2D eigenvalue weighted by atomic mass is 16.6. The number of hydrogen-bond acceptors (Lipinski definition) is 4. The zero-order chi connectivity index (χ0) is 17.2. The fraction of sp³-hybridized carbons (Fsp3) is 0.316. The third kappa shape index (κ3) is 2.95. The fourth-order valence-corrected chi connectivity index (χ4v) is 3.59. The van der Waals surface area contributed by atoms with Crippen molar-refractivity contribution in [3.8, 4) is 11.3 Å². The summed E-state index contributed by atoms with van der Waals surface area (Å²) < 4.78 is 1.99. The molecular weight excluding hydrogens is 316 g/mol. The van der Waals surface area contributed by atoms with E-state index in [0.717, 1.165) is 24.3 Å². The van der Waals surface area contributed by atoms with Crippen LogP contribution in [-0.4, -0.2) is 20.3 Å². The second kappa shape index (κ2) is 6.55. The van der Waals surface area contributed by atoms with Crippen molar-refractivity contribution in [2.45, 2.75) is 38.1 Å². The first-order valence-corrected chi connectivity index (χ1v) is 8.71. The smallest absolute Gasteiger partial charge is 0.278 e. The molecule has 1 fully saturated rings. The van der Waals surface area contributed by atoms with Gasteiger partial charge in [-0.25, -0.2) is 4.98 Å². The van der Waals surface area contributed by atoms with Crippen LogP contribution < -0.4 is 5.32 Å². The highest BCUT2D eigenvalue weighted by Crippen LogP contribution is 2.36. The van der Waals surface area contributed by atoms with Gasteiger partial charge in [-0.15, -0.1) is 0 Å². The Hall–Kier alpha value is -2.89. The summed E-state index contributed by atoms with van der Waals surface area (Å²) in [5, 5.41) is 15.1. The summed E-state index contributed by atoms with van der Waals surface area (Å²) in [5.41, 5.74) is 2.06. The molecule has 0 saturated heterocycles. The minimum Gasteiger partial charge on any atom is -0.367 e. The van der Waals surface area contributed by atoms with E-state index in [2.05, 4.69) is 10.3 Å². The van der Waals surface area contributed by atoms with Crippen LogP contribution in [0.4, 0.5) is 11.5 Å². The van der Waals surface area contributed by atoms with Gasteiger partial charge in [0.2, 0.25) is 0 Å². The monoisotopic (exact) mass is 336 g/mol. The summed E-state index contributed by atoms with van der Waals surface area (Å²) >= 11 is 0. The highest BCUT2D eigenvalue weighted by Gasteiger charge is 2.24. The molecule has 1 aliphatic carbocycles. The Kier molecular flexibility index (Phi) is 4.09. The van der Waals surface area contributed by atoms with Crippen molar-refractivity contribution in [1.82, 2.24) is 9.38 Å². The van der Waals surface area contributed by atoms with E-state index in [1.165, 1.54) is 25.3 Å². The number of hydrogen-bond donors (Lipinski definition) is 1. The Morgan fingerprint density at radius 3 is 2.64 bits per heavy atom. The molecule has 0 aliphatic heterocycles. The molecule has 6 heteroatoms. The van der Waals surface area contributed by atoms with E-state index < -0.39 is 0 Å². The third-order valence-electron chi connectivity index (χ3n) is 4.83. The standard InChI is InChI=1S/C19H20N4O2/c24-23(25)16-11-5-4-10-15(16)18-19(20-14-8-2-1-3-9-14)22-13-7-6-12-17(22)21-18/h4-7,10-14,20H,1-3,8-9H2. The van der Waals surface area contributed by atoms with E-state index in [1.54, 1.807) is 12.1 Å². The van der Waals surface area contributed by atoms with Crippen molar-refractivity contribution in [2.24, 2.45) is 0 Å². The van der Waals surface area contributed by atoms with Crippen LogP contribution in [0.2, 0.25) is 0 Å². The maximum absolute atomic E-state index is 11.5. The Labute approximate surface area is 145 Å². The Morgan fingerprint density at radius 1 is 1.08 bits per heavy atom. The van der Waals surface area contributed by atoms with Gasteiger partial charge in [0.05, 0.1) is 10.5 Å². The predicted octanol–water partition coefficient (Wildman–Crippen LogP) is 4.65. The number of imidazole rings is 1. The molecule has 1 saturated carbocycles. The van der Waals surface area contributed by atoms with Crippen molar-refractivity contribution < 1.29 is 4.92 Å². The van der Waals surface area contributed by atoms with E-state index in [9.17, 15) is 10.1 Å². The van der Waals surface area contributed by atoms with E-state index >= 15 is 0 Å². The average molecular weight is 336 g/mol. The SMILES string of the molecule is O=[N+]([O-])c1ccccc1-c1nc2ccccn2c1NC1CCCCC1. The fourth-order valence-electron chi connectivity index (χ4n) is 3.59. The van der Waals surface area contributed by atoms with Crippen LogP contribution in [0, 0.1) is 10.1 Å². The van der Waals surface area contributed by atoms with Crippen LogP contribution in [0.15, 0.2) is 48.7 Å². The number of fused-ring (bicyclic) bond motifs is 1. The molecule has 0 amide bonds. The molecule has 1 aliphatic rings. The van der Waals surface area contributed by atoms with Crippen molar-refractivity contribution in [2.75, 3.05) is 5.32 Å². The number of nitro benzene ring substituents is 1. The van der Waals surface area contributed by atoms with E-state index in [-0.39, 0.29) is 10.6 Å². The van der Waals surface area contributed by atoms with Crippen LogP contribution in [0.3, 0.4) is 0 Å². The molecule has 0 spiro atoms. The van der Waals surface area contributed by atoms with Gasteiger partial charge in [-0.3, -0.25) is 14.5 Å². The summed E-state index contributed by atoms with van der Waals surface area (Å²) in [6.07, 6.45) is 7.91. The first-order valence-electron chi connectivity index (χ1n) is 8.71. The Morgan fingerprint density at radius 2 is 1.84 bits per heavy atom. The first-order chi connectivity index (χ1) is 12.2. The molecule has 0 atom stereocenters. The number of nitrogens with zero attached hydrogens (tertiary/aromatic N) is 3. The number of para-hydroxylation sites is 1. The van der Waals surface area contributed by atoms with Gasteiger partial charge in [0.1, 0.15) is 17.2 Å². The predicted molar refractivity (Wildman–Crippen MR) is 97.8 cm³/mol. The second-order valence-corrected chi connectivity index (χ2v) is 6.49. The normalized spacial score (nSPS) is 15.4. The number of nitro groups is 1. The van der Waals surface area contributed by atoms with E-state index in [0.29, 0.717) is 17.3 Å². The molecular formula is C19H20N4O2. The van der Waals surface area contributed by atoms with Gasteiger partial charge in [-0.2, -0.15) is 0 Å². The number of anilines is 1. The summed E-state index contributed by atoms with van der Waals surface area (Å²) in [4.78, 5) is 15.8. The van der Waals surface area contributed by atoms with Crippen LogP contribution in [0.25, 0.3) is 16.9 Å². The number of rotatable bonds is 4. The van der Waals surface area contributed by atoms with Crippen molar-refractivity contribution >= 4 is 17.2 Å². The summed E-state index contributed by atoms with van der Waals surface area (Å²) in [6.45, 7) is 0. The highest BCUT2D eigenvalue weighted by molar-refractivity contribution is 5.82. The zero-order valence-electron chi connectivity index (χ0n) is 13.9. The molecule has 2 heterocycles. The topological polar surface area (TPSA) is 72.5 Å².